The Balaban J connectivity index is 2.15. The van der Waals surface area contributed by atoms with Gasteiger partial charge < -0.3 is 14.9 Å². The third-order valence-corrected chi connectivity index (χ3v) is 4.88. The van der Waals surface area contributed by atoms with Gasteiger partial charge in [0.25, 0.3) is 5.91 Å². The summed E-state index contributed by atoms with van der Waals surface area (Å²) in [6.07, 6.45) is 6.12. The van der Waals surface area contributed by atoms with E-state index in [1.54, 1.807) is 6.07 Å². The normalized spacial score (nSPS) is 14.0. The van der Waals surface area contributed by atoms with Gasteiger partial charge in [0.1, 0.15) is 12.6 Å². The maximum Gasteiger partial charge on any atom is 0.259 e. The highest BCUT2D eigenvalue weighted by Gasteiger charge is 2.37. The number of unbranched alkanes of at least 4 members (excludes halogenated alkanes) is 3. The minimum Gasteiger partial charge on any atom is -0.359 e. The lowest BCUT2D eigenvalue weighted by atomic mass is 9.97. The van der Waals surface area contributed by atoms with Crippen molar-refractivity contribution in [3.05, 3.63) is 41.5 Å². The molecule has 1 aliphatic rings. The lowest BCUT2D eigenvalue weighted by molar-refractivity contribution is -0.121. The van der Waals surface area contributed by atoms with Gasteiger partial charge in [0.05, 0.1) is 6.04 Å². The van der Waals surface area contributed by atoms with E-state index in [1.807, 2.05) is 12.1 Å². The van der Waals surface area contributed by atoms with E-state index in [2.05, 4.69) is 11.9 Å². The van der Waals surface area contributed by atoms with Crippen molar-refractivity contribution >= 4 is 30.1 Å². The Morgan fingerprint density at radius 3 is 2.70 bits per heavy atom. The maximum atomic E-state index is 12.9. The highest BCUT2D eigenvalue weighted by atomic mass is 16.2. The first kappa shape index (κ1) is 20.6. The fourth-order valence-electron chi connectivity index (χ4n) is 3.43. The van der Waals surface area contributed by atoms with E-state index in [-0.39, 0.29) is 24.7 Å². The Bertz CT molecular complexity index is 742. The number of carbonyl (C=O) groups excluding carboxylic acids is 4. The molecule has 0 saturated heterocycles. The molecule has 1 atom stereocenters. The number of hydrogen-bond acceptors (Lipinski definition) is 4. The van der Waals surface area contributed by atoms with Crippen molar-refractivity contribution in [2.45, 2.75) is 51.0 Å². The van der Waals surface area contributed by atoms with Crippen molar-refractivity contribution in [2.75, 3.05) is 7.05 Å². The zero-order chi connectivity index (χ0) is 19.8. The summed E-state index contributed by atoms with van der Waals surface area (Å²) in [5, 5.41) is 2.52. The molecule has 0 saturated carbocycles. The molecular formula is C21H26N2O4. The third-order valence-electron chi connectivity index (χ3n) is 4.88. The van der Waals surface area contributed by atoms with E-state index in [4.69, 9.17) is 0 Å². The molecule has 0 bridgehead atoms. The van der Waals surface area contributed by atoms with Gasteiger partial charge in [0.2, 0.25) is 5.91 Å². The summed E-state index contributed by atoms with van der Waals surface area (Å²) < 4.78 is 0. The number of carbonyl (C=O) groups is 4. The first-order valence-electron chi connectivity index (χ1n) is 9.29. The van der Waals surface area contributed by atoms with Gasteiger partial charge in [0.15, 0.2) is 0 Å². The number of nitrogens with one attached hydrogen (secondary N) is 1. The smallest absolute Gasteiger partial charge is 0.259 e. The molecule has 2 amide bonds. The summed E-state index contributed by atoms with van der Waals surface area (Å²) in [5.74, 6) is -0.417. The van der Waals surface area contributed by atoms with Gasteiger partial charge in [-0.15, -0.1) is 0 Å². The zero-order valence-corrected chi connectivity index (χ0v) is 15.7. The summed E-state index contributed by atoms with van der Waals surface area (Å²) in [5.41, 5.74) is 2.89. The Morgan fingerprint density at radius 1 is 1.26 bits per heavy atom. The average molecular weight is 370 g/mol. The van der Waals surface area contributed by atoms with E-state index in [0.717, 1.165) is 43.1 Å². The monoisotopic (exact) mass is 370 g/mol. The molecule has 0 spiro atoms. The van der Waals surface area contributed by atoms with Crippen LogP contribution in [0.25, 0.3) is 5.70 Å². The number of amides is 2. The molecule has 2 rings (SSSR count). The van der Waals surface area contributed by atoms with Crippen LogP contribution < -0.4 is 5.32 Å². The second kappa shape index (κ2) is 9.80. The van der Waals surface area contributed by atoms with Crippen LogP contribution in [-0.4, -0.2) is 42.4 Å². The molecule has 144 valence electrons. The van der Waals surface area contributed by atoms with Crippen LogP contribution >= 0.6 is 0 Å². The van der Waals surface area contributed by atoms with E-state index in [1.165, 1.54) is 11.9 Å². The molecule has 0 fully saturated rings. The van der Waals surface area contributed by atoms with E-state index < -0.39 is 6.04 Å². The molecule has 6 heteroatoms. The minimum absolute atomic E-state index is 0.164. The molecule has 0 aromatic heterocycles. The molecule has 0 aliphatic carbocycles. The molecule has 6 nitrogen and oxygen atoms in total. The summed E-state index contributed by atoms with van der Waals surface area (Å²) in [4.78, 5) is 47.8. The number of aldehydes is 2. The summed E-state index contributed by atoms with van der Waals surface area (Å²) >= 11 is 0. The van der Waals surface area contributed by atoms with Crippen LogP contribution in [-0.2, 0) is 20.8 Å². The van der Waals surface area contributed by atoms with Crippen molar-refractivity contribution in [2.24, 2.45) is 0 Å². The van der Waals surface area contributed by atoms with Crippen LogP contribution in [0.5, 0.6) is 0 Å². The topological polar surface area (TPSA) is 83.6 Å². The number of hydrogen-bond donors (Lipinski definition) is 1. The van der Waals surface area contributed by atoms with Crippen LogP contribution in [0.1, 0.15) is 60.0 Å². The zero-order valence-electron chi connectivity index (χ0n) is 15.7. The molecule has 1 aromatic carbocycles. The Labute approximate surface area is 159 Å². The Morgan fingerprint density at radius 2 is 2.04 bits per heavy atom. The molecule has 27 heavy (non-hydrogen) atoms. The predicted molar refractivity (Wildman–Crippen MR) is 103 cm³/mol. The number of rotatable bonds is 11. The molecule has 1 aliphatic heterocycles. The summed E-state index contributed by atoms with van der Waals surface area (Å²) in [7, 11) is 1.54. The molecule has 1 unspecified atom stereocenters. The van der Waals surface area contributed by atoms with Gasteiger partial charge >= 0.3 is 0 Å². The van der Waals surface area contributed by atoms with Crippen molar-refractivity contribution in [3.8, 4) is 0 Å². The summed E-state index contributed by atoms with van der Waals surface area (Å²) in [6, 6.07) is 4.85. The lowest BCUT2D eigenvalue weighted by Gasteiger charge is -2.24. The Hall–Kier alpha value is -2.76. The van der Waals surface area contributed by atoms with Crippen LogP contribution in [0.3, 0.4) is 0 Å². The molecule has 1 N–H and O–H groups in total. The van der Waals surface area contributed by atoms with Crippen molar-refractivity contribution in [1.29, 1.82) is 0 Å². The van der Waals surface area contributed by atoms with E-state index in [0.29, 0.717) is 24.0 Å². The molecule has 0 radical (unpaired) electrons. The third kappa shape index (κ3) is 4.70. The van der Waals surface area contributed by atoms with Crippen LogP contribution in [0.2, 0.25) is 0 Å². The van der Waals surface area contributed by atoms with E-state index >= 15 is 0 Å². The fraction of sp³-hybridized carbons (Fsp3) is 0.429. The fourth-order valence-corrected chi connectivity index (χ4v) is 3.43. The average Bonchev–Trinajstić information content (AvgIpc) is 2.94. The summed E-state index contributed by atoms with van der Waals surface area (Å²) in [6.45, 7) is 4.06. The van der Waals surface area contributed by atoms with Gasteiger partial charge in [-0.2, -0.15) is 0 Å². The number of fused-ring (bicyclic) bond motifs is 1. The highest BCUT2D eigenvalue weighted by Crippen LogP contribution is 2.36. The Kier molecular flexibility index (Phi) is 7.46. The van der Waals surface area contributed by atoms with E-state index in [9.17, 15) is 19.2 Å². The van der Waals surface area contributed by atoms with Crippen molar-refractivity contribution in [3.63, 3.8) is 0 Å². The predicted octanol–water partition coefficient (Wildman–Crippen LogP) is 2.51. The second-order valence-corrected chi connectivity index (χ2v) is 6.64. The standard InChI is InChI=1S/C21H26N2O4/c1-15-20-16(8-5-3-4-6-13-24)9-7-10-18(20)21(27)23(15)17(14-25)11-12-19(26)22-2/h7,9-10,13-14,17H,1,3-6,8,11-12H2,2H3,(H,22,26). The van der Waals surface area contributed by atoms with Gasteiger partial charge in [-0.3, -0.25) is 14.5 Å². The number of aryl methyl sites for hydroxylation is 1. The van der Waals surface area contributed by atoms with Crippen molar-refractivity contribution in [1.82, 2.24) is 10.2 Å². The van der Waals surface area contributed by atoms with Crippen LogP contribution in [0, 0.1) is 0 Å². The van der Waals surface area contributed by atoms with Crippen LogP contribution in [0.15, 0.2) is 24.8 Å². The second-order valence-electron chi connectivity index (χ2n) is 6.64. The van der Waals surface area contributed by atoms with Crippen LogP contribution in [0.4, 0.5) is 0 Å². The van der Waals surface area contributed by atoms with Gasteiger partial charge in [-0.05, 0) is 37.3 Å². The maximum absolute atomic E-state index is 12.9. The number of benzene rings is 1. The lowest BCUT2D eigenvalue weighted by Crippen LogP contribution is -2.36. The largest absolute Gasteiger partial charge is 0.359 e. The minimum atomic E-state index is -0.713. The first-order valence-corrected chi connectivity index (χ1v) is 9.29. The SMILES string of the molecule is C=C1c2c(CCCCCC=O)cccc2C(=O)N1C(C=O)CCC(=O)NC. The molecule has 1 aromatic rings. The van der Waals surface area contributed by atoms with Gasteiger partial charge in [-0.25, -0.2) is 0 Å². The highest BCUT2D eigenvalue weighted by molar-refractivity contribution is 6.10. The van der Waals surface area contributed by atoms with Crippen molar-refractivity contribution < 1.29 is 19.2 Å². The quantitative estimate of drug-likeness (QED) is 0.479. The molecule has 1 heterocycles. The first-order chi connectivity index (χ1) is 13.0. The van der Waals surface area contributed by atoms with Gasteiger partial charge in [-0.1, -0.05) is 25.1 Å². The van der Waals surface area contributed by atoms with Gasteiger partial charge in [0, 0.05) is 36.7 Å². The molecular weight excluding hydrogens is 344 g/mol. The number of nitrogens with zero attached hydrogens (tertiary/aromatic N) is 1.